The highest BCUT2D eigenvalue weighted by molar-refractivity contribution is 5.78. The van der Waals surface area contributed by atoms with Gasteiger partial charge >= 0.3 is 0 Å². The summed E-state index contributed by atoms with van der Waals surface area (Å²) >= 11 is 0. The Morgan fingerprint density at radius 1 is 1.00 bits per heavy atom. The summed E-state index contributed by atoms with van der Waals surface area (Å²) in [7, 11) is 0. The number of nitrogens with zero attached hydrogens (tertiary/aromatic N) is 2. The fourth-order valence-corrected chi connectivity index (χ4v) is 0.527. The molecule has 0 unspecified atom stereocenters. The van der Waals surface area contributed by atoms with Crippen molar-refractivity contribution < 1.29 is 0 Å². The maximum absolute atomic E-state index is 7.33. The molecule has 0 aliphatic heterocycles. The molecule has 0 aliphatic carbocycles. The molecular weight excluding hydrogens is 178 g/mol. The Balaban J connectivity index is 3.66. The molecule has 0 fully saturated rings. The SMILES string of the molecule is CC(C)/C=N/NC(=N)N/N=C/C(C)C. The van der Waals surface area contributed by atoms with Crippen LogP contribution in [0.5, 0.6) is 0 Å². The van der Waals surface area contributed by atoms with Gasteiger partial charge in [0, 0.05) is 12.4 Å². The fraction of sp³-hybridized carbons (Fsp3) is 0.667. The van der Waals surface area contributed by atoms with Gasteiger partial charge in [0.15, 0.2) is 0 Å². The van der Waals surface area contributed by atoms with E-state index in [4.69, 9.17) is 5.41 Å². The summed E-state index contributed by atoms with van der Waals surface area (Å²) in [4.78, 5) is 0. The molecule has 0 aromatic heterocycles. The molecule has 5 heteroatoms. The molecule has 0 heterocycles. The van der Waals surface area contributed by atoms with Gasteiger partial charge in [0.05, 0.1) is 0 Å². The molecule has 0 bridgehead atoms. The zero-order valence-electron chi connectivity index (χ0n) is 9.20. The lowest BCUT2D eigenvalue weighted by molar-refractivity contribution is 0.840. The predicted octanol–water partition coefficient (Wildman–Crippen LogP) is 1.38. The second-order valence-corrected chi connectivity index (χ2v) is 3.64. The monoisotopic (exact) mass is 197 g/mol. The number of hydrazone groups is 2. The second-order valence-electron chi connectivity index (χ2n) is 3.64. The maximum atomic E-state index is 7.33. The van der Waals surface area contributed by atoms with E-state index in [2.05, 4.69) is 21.1 Å². The Morgan fingerprint density at radius 3 is 1.64 bits per heavy atom. The lowest BCUT2D eigenvalue weighted by Gasteiger charge is -2.01. The minimum absolute atomic E-state index is 0.0683. The highest BCUT2D eigenvalue weighted by Crippen LogP contribution is 1.83. The van der Waals surface area contributed by atoms with Crippen LogP contribution in [-0.2, 0) is 0 Å². The van der Waals surface area contributed by atoms with Gasteiger partial charge in [-0.2, -0.15) is 10.2 Å². The number of nitrogens with one attached hydrogen (secondary N) is 3. The van der Waals surface area contributed by atoms with Crippen molar-refractivity contribution in [3.05, 3.63) is 0 Å². The van der Waals surface area contributed by atoms with Crippen LogP contribution >= 0.6 is 0 Å². The molecule has 80 valence electrons. The Bertz CT molecular complexity index is 195. The van der Waals surface area contributed by atoms with E-state index in [1.807, 2.05) is 27.7 Å². The maximum Gasteiger partial charge on any atom is 0.230 e. The molecule has 0 aromatic carbocycles. The average molecular weight is 197 g/mol. The van der Waals surface area contributed by atoms with Crippen LogP contribution in [0.3, 0.4) is 0 Å². The summed E-state index contributed by atoms with van der Waals surface area (Å²) in [5.41, 5.74) is 5.03. The van der Waals surface area contributed by atoms with Gasteiger partial charge < -0.3 is 0 Å². The van der Waals surface area contributed by atoms with Crippen LogP contribution in [0.15, 0.2) is 10.2 Å². The summed E-state index contributed by atoms with van der Waals surface area (Å²) in [6.07, 6.45) is 3.45. The van der Waals surface area contributed by atoms with Crippen molar-refractivity contribution in [2.75, 3.05) is 0 Å². The van der Waals surface area contributed by atoms with Gasteiger partial charge in [-0.15, -0.1) is 0 Å². The largest absolute Gasteiger partial charge is 0.266 e. The first-order valence-corrected chi connectivity index (χ1v) is 4.69. The van der Waals surface area contributed by atoms with Crippen LogP contribution in [0.1, 0.15) is 27.7 Å². The Labute approximate surface area is 85.2 Å². The first-order chi connectivity index (χ1) is 6.52. The number of hydrogen-bond donors (Lipinski definition) is 3. The van der Waals surface area contributed by atoms with Gasteiger partial charge in [-0.05, 0) is 11.8 Å². The van der Waals surface area contributed by atoms with Crippen LogP contribution < -0.4 is 10.9 Å². The van der Waals surface area contributed by atoms with Gasteiger partial charge in [-0.3, -0.25) is 5.41 Å². The van der Waals surface area contributed by atoms with Gasteiger partial charge in [0.2, 0.25) is 5.96 Å². The smallest absolute Gasteiger partial charge is 0.230 e. The number of rotatable bonds is 4. The zero-order valence-corrected chi connectivity index (χ0v) is 9.20. The molecular formula is C9H19N5. The van der Waals surface area contributed by atoms with Crippen molar-refractivity contribution in [2.45, 2.75) is 27.7 Å². The summed E-state index contributed by atoms with van der Waals surface area (Å²) in [6, 6.07) is 0. The Morgan fingerprint density at radius 2 is 1.36 bits per heavy atom. The molecule has 14 heavy (non-hydrogen) atoms. The Kier molecular flexibility index (Phi) is 6.36. The molecule has 0 amide bonds. The molecule has 3 N–H and O–H groups in total. The molecule has 0 aliphatic rings. The van der Waals surface area contributed by atoms with Gasteiger partial charge in [-0.1, -0.05) is 27.7 Å². The van der Waals surface area contributed by atoms with Crippen LogP contribution in [0, 0.1) is 17.2 Å². The number of guanidine groups is 1. The van der Waals surface area contributed by atoms with Crippen molar-refractivity contribution in [2.24, 2.45) is 22.0 Å². The van der Waals surface area contributed by atoms with Crippen LogP contribution in [0.25, 0.3) is 0 Å². The lowest BCUT2D eigenvalue weighted by Crippen LogP contribution is -2.29. The number of hydrogen-bond acceptors (Lipinski definition) is 3. The van der Waals surface area contributed by atoms with Gasteiger partial charge in [-0.25, -0.2) is 10.9 Å². The van der Waals surface area contributed by atoms with E-state index in [-0.39, 0.29) is 5.96 Å². The van der Waals surface area contributed by atoms with Crippen molar-refractivity contribution in [1.82, 2.24) is 10.9 Å². The standard InChI is InChI=1S/C9H19N5/c1-7(2)5-11-13-9(10)14-12-6-8(3)4/h5-8H,1-4H3,(H3,10,13,14)/b11-5+,12-6+. The molecule has 0 saturated carbocycles. The highest BCUT2D eigenvalue weighted by atomic mass is 15.4. The Hall–Kier alpha value is -1.39. The molecule has 0 radical (unpaired) electrons. The van der Waals surface area contributed by atoms with E-state index in [0.29, 0.717) is 11.8 Å². The van der Waals surface area contributed by atoms with Crippen molar-refractivity contribution in [3.63, 3.8) is 0 Å². The molecule has 0 saturated heterocycles. The fourth-order valence-electron chi connectivity index (χ4n) is 0.527. The van der Waals surface area contributed by atoms with Gasteiger partial charge in [0.1, 0.15) is 0 Å². The van der Waals surface area contributed by atoms with E-state index >= 15 is 0 Å². The third-order valence-corrected chi connectivity index (χ3v) is 1.10. The van der Waals surface area contributed by atoms with Crippen LogP contribution in [0.4, 0.5) is 0 Å². The second kappa shape index (κ2) is 7.06. The van der Waals surface area contributed by atoms with Crippen LogP contribution in [0.2, 0.25) is 0 Å². The minimum atomic E-state index is 0.0683. The summed E-state index contributed by atoms with van der Waals surface area (Å²) in [5, 5.41) is 15.0. The van der Waals surface area contributed by atoms with Crippen LogP contribution in [-0.4, -0.2) is 18.4 Å². The quantitative estimate of drug-likeness (QED) is 0.362. The summed E-state index contributed by atoms with van der Waals surface area (Å²) in [5.74, 6) is 0.808. The van der Waals surface area contributed by atoms with E-state index in [0.717, 1.165) is 0 Å². The van der Waals surface area contributed by atoms with Crippen molar-refractivity contribution in [3.8, 4) is 0 Å². The predicted molar refractivity (Wildman–Crippen MR) is 60.7 cm³/mol. The molecule has 5 nitrogen and oxygen atoms in total. The summed E-state index contributed by atoms with van der Waals surface area (Å²) in [6.45, 7) is 8.05. The third-order valence-electron chi connectivity index (χ3n) is 1.10. The lowest BCUT2D eigenvalue weighted by atomic mass is 10.3. The minimum Gasteiger partial charge on any atom is -0.266 e. The molecule has 0 aromatic rings. The van der Waals surface area contributed by atoms with E-state index in [1.54, 1.807) is 12.4 Å². The highest BCUT2D eigenvalue weighted by Gasteiger charge is 1.90. The topological polar surface area (TPSA) is 72.6 Å². The molecule has 0 spiro atoms. The normalized spacial score (nSPS) is 11.9. The van der Waals surface area contributed by atoms with Gasteiger partial charge in [0.25, 0.3) is 0 Å². The average Bonchev–Trinajstić information content (AvgIpc) is 2.02. The van der Waals surface area contributed by atoms with E-state index in [1.165, 1.54) is 0 Å². The molecule has 0 atom stereocenters. The van der Waals surface area contributed by atoms with E-state index in [9.17, 15) is 0 Å². The zero-order chi connectivity index (χ0) is 11.0. The van der Waals surface area contributed by atoms with Crippen molar-refractivity contribution >= 4 is 18.4 Å². The first kappa shape index (κ1) is 12.6. The first-order valence-electron chi connectivity index (χ1n) is 4.69. The van der Waals surface area contributed by atoms with E-state index < -0.39 is 0 Å². The molecule has 0 rings (SSSR count). The van der Waals surface area contributed by atoms with Crippen molar-refractivity contribution in [1.29, 1.82) is 5.41 Å². The summed E-state index contributed by atoms with van der Waals surface area (Å²) < 4.78 is 0. The third kappa shape index (κ3) is 8.70.